The minimum absolute atomic E-state index is 0.300. The maximum absolute atomic E-state index is 10.9. The number of aryl methyl sites for hydroxylation is 1. The number of carbonyl (C=O) groups is 1. The van der Waals surface area contributed by atoms with Crippen molar-refractivity contribution >= 4 is 25.7 Å². The summed E-state index contributed by atoms with van der Waals surface area (Å²) in [5.74, 6) is 0. The SMILES string of the molecule is CC(C)N(C(C)C)P(OCCC#N)OCCCn1ccc2cc(C=O)ccc21. The van der Waals surface area contributed by atoms with Gasteiger partial charge in [-0.2, -0.15) is 5.26 Å². The van der Waals surface area contributed by atoms with Crippen LogP contribution in [0.15, 0.2) is 30.5 Å². The van der Waals surface area contributed by atoms with Crippen molar-refractivity contribution in [2.75, 3.05) is 13.2 Å². The van der Waals surface area contributed by atoms with Crippen molar-refractivity contribution in [2.24, 2.45) is 0 Å². The molecule has 1 aromatic heterocycles. The summed E-state index contributed by atoms with van der Waals surface area (Å²) in [7, 11) is -1.19. The van der Waals surface area contributed by atoms with Crippen molar-refractivity contribution in [1.29, 1.82) is 5.26 Å². The van der Waals surface area contributed by atoms with Crippen LogP contribution in [0.25, 0.3) is 10.9 Å². The molecule has 0 aliphatic rings. The first-order valence-electron chi connectivity index (χ1n) is 9.73. The highest BCUT2D eigenvalue weighted by molar-refractivity contribution is 7.44. The number of fused-ring (bicyclic) bond motifs is 1. The van der Waals surface area contributed by atoms with Crippen LogP contribution in [0.5, 0.6) is 0 Å². The second kappa shape index (κ2) is 11.3. The Balaban J connectivity index is 1.94. The molecule has 0 amide bonds. The molecule has 0 aliphatic carbocycles. The molecule has 1 aromatic carbocycles. The van der Waals surface area contributed by atoms with Crippen molar-refractivity contribution in [3.05, 3.63) is 36.0 Å². The molecule has 7 heteroatoms. The van der Waals surface area contributed by atoms with Crippen LogP contribution in [-0.4, -0.2) is 40.8 Å². The number of benzene rings is 1. The molecule has 0 spiro atoms. The monoisotopic (exact) mass is 403 g/mol. The molecule has 2 rings (SSSR count). The molecule has 6 nitrogen and oxygen atoms in total. The van der Waals surface area contributed by atoms with Gasteiger partial charge in [0.05, 0.1) is 25.7 Å². The first-order valence-corrected chi connectivity index (χ1v) is 10.9. The smallest absolute Gasteiger partial charge is 0.259 e. The highest BCUT2D eigenvalue weighted by Crippen LogP contribution is 2.46. The summed E-state index contributed by atoms with van der Waals surface area (Å²) in [6, 6.07) is 10.5. The molecule has 0 saturated carbocycles. The number of hydrogen-bond donors (Lipinski definition) is 0. The number of nitriles is 1. The van der Waals surface area contributed by atoms with Crippen LogP contribution in [0.3, 0.4) is 0 Å². The van der Waals surface area contributed by atoms with E-state index < -0.39 is 8.53 Å². The lowest BCUT2D eigenvalue weighted by Gasteiger charge is -2.35. The average Bonchev–Trinajstić information content (AvgIpc) is 3.06. The molecule has 28 heavy (non-hydrogen) atoms. The fourth-order valence-corrected chi connectivity index (χ4v) is 4.81. The van der Waals surface area contributed by atoms with E-state index in [1.807, 2.05) is 30.5 Å². The van der Waals surface area contributed by atoms with E-state index in [-0.39, 0.29) is 0 Å². The van der Waals surface area contributed by atoms with Gasteiger partial charge in [0.2, 0.25) is 0 Å². The van der Waals surface area contributed by atoms with E-state index in [0.29, 0.717) is 37.3 Å². The van der Waals surface area contributed by atoms with Crippen molar-refractivity contribution < 1.29 is 13.8 Å². The lowest BCUT2D eigenvalue weighted by molar-refractivity contribution is 0.112. The Labute approximate surface area is 169 Å². The quantitative estimate of drug-likeness (QED) is 0.279. The summed E-state index contributed by atoms with van der Waals surface area (Å²) in [4.78, 5) is 10.9. The van der Waals surface area contributed by atoms with Gasteiger partial charge < -0.3 is 13.6 Å². The van der Waals surface area contributed by atoms with Gasteiger partial charge in [0.15, 0.2) is 0 Å². The average molecular weight is 403 g/mol. The van der Waals surface area contributed by atoms with Gasteiger partial charge in [-0.1, -0.05) is 0 Å². The fraction of sp³-hybridized carbons (Fsp3) is 0.524. The molecule has 0 bridgehead atoms. The Morgan fingerprint density at radius 2 is 1.89 bits per heavy atom. The van der Waals surface area contributed by atoms with Crippen molar-refractivity contribution in [3.8, 4) is 6.07 Å². The first kappa shape index (κ1) is 22.5. The van der Waals surface area contributed by atoms with Crippen molar-refractivity contribution in [3.63, 3.8) is 0 Å². The third kappa shape index (κ3) is 6.12. The van der Waals surface area contributed by atoms with E-state index in [1.54, 1.807) is 0 Å². The molecule has 0 aliphatic heterocycles. The summed E-state index contributed by atoms with van der Waals surface area (Å²) >= 11 is 0. The van der Waals surface area contributed by atoms with E-state index in [9.17, 15) is 4.79 Å². The second-order valence-corrected chi connectivity index (χ2v) is 8.63. The predicted molar refractivity (Wildman–Crippen MR) is 113 cm³/mol. The van der Waals surface area contributed by atoms with Gasteiger partial charge in [-0.05, 0) is 58.4 Å². The first-order chi connectivity index (χ1) is 13.5. The molecular formula is C21H30N3O3P. The highest BCUT2D eigenvalue weighted by Gasteiger charge is 2.26. The van der Waals surface area contributed by atoms with E-state index in [4.69, 9.17) is 14.3 Å². The van der Waals surface area contributed by atoms with Crippen LogP contribution < -0.4 is 0 Å². The molecule has 1 unspecified atom stereocenters. The topological polar surface area (TPSA) is 67.5 Å². The van der Waals surface area contributed by atoms with E-state index in [0.717, 1.165) is 30.2 Å². The van der Waals surface area contributed by atoms with Crippen LogP contribution >= 0.6 is 8.53 Å². The van der Waals surface area contributed by atoms with Crippen LogP contribution in [0.2, 0.25) is 0 Å². The molecule has 0 radical (unpaired) electrons. The lowest BCUT2D eigenvalue weighted by atomic mass is 10.2. The van der Waals surface area contributed by atoms with Crippen molar-refractivity contribution in [1.82, 2.24) is 9.24 Å². The summed E-state index contributed by atoms with van der Waals surface area (Å²) in [5, 5.41) is 9.84. The number of carbonyl (C=O) groups excluding carboxylic acids is 1. The van der Waals surface area contributed by atoms with Gasteiger partial charge in [0.25, 0.3) is 8.53 Å². The number of aromatic nitrogens is 1. The zero-order valence-corrected chi connectivity index (χ0v) is 18.1. The Bertz CT molecular complexity index is 790. The normalized spacial score (nSPS) is 12.8. The summed E-state index contributed by atoms with van der Waals surface area (Å²) in [6.07, 6.45) is 4.13. The largest absolute Gasteiger partial charge is 0.347 e. The van der Waals surface area contributed by atoms with Crippen LogP contribution in [0.4, 0.5) is 0 Å². The minimum atomic E-state index is -1.19. The zero-order valence-electron chi connectivity index (χ0n) is 17.2. The third-order valence-electron chi connectivity index (χ3n) is 4.34. The van der Waals surface area contributed by atoms with Crippen LogP contribution in [-0.2, 0) is 15.6 Å². The second-order valence-electron chi connectivity index (χ2n) is 7.18. The van der Waals surface area contributed by atoms with Gasteiger partial charge in [-0.3, -0.25) is 4.79 Å². The number of nitrogens with zero attached hydrogens (tertiary/aromatic N) is 3. The lowest BCUT2D eigenvalue weighted by Crippen LogP contribution is -2.33. The Morgan fingerprint density at radius 3 is 2.54 bits per heavy atom. The van der Waals surface area contributed by atoms with Gasteiger partial charge in [-0.25, -0.2) is 4.67 Å². The fourth-order valence-electron chi connectivity index (χ4n) is 3.18. The molecule has 0 N–H and O–H groups in total. The summed E-state index contributed by atoms with van der Waals surface area (Å²) in [5.41, 5.74) is 1.81. The standard InChI is InChI=1S/C21H30N3O3P/c1-17(2)24(18(3)4)28(26-13-5-10-22)27-14-6-11-23-12-9-20-15-19(16-25)7-8-21(20)23/h7-9,12,15-18H,5-6,11,13-14H2,1-4H3. The zero-order chi connectivity index (χ0) is 20.5. The summed E-state index contributed by atoms with van der Waals surface area (Å²) < 4.78 is 16.4. The molecule has 0 fully saturated rings. The molecule has 1 atom stereocenters. The number of hydrogen-bond acceptors (Lipinski definition) is 5. The summed E-state index contributed by atoms with van der Waals surface area (Å²) in [6.45, 7) is 10.3. The number of rotatable bonds is 12. The highest BCUT2D eigenvalue weighted by atomic mass is 31.2. The van der Waals surface area contributed by atoms with Gasteiger partial charge in [0.1, 0.15) is 6.29 Å². The van der Waals surface area contributed by atoms with Crippen molar-refractivity contribution in [2.45, 2.75) is 59.2 Å². The molecule has 0 saturated heterocycles. The van der Waals surface area contributed by atoms with E-state index >= 15 is 0 Å². The van der Waals surface area contributed by atoms with E-state index in [1.165, 1.54) is 0 Å². The molecule has 2 aromatic rings. The van der Waals surface area contributed by atoms with Gasteiger partial charge in [0, 0.05) is 41.3 Å². The Morgan fingerprint density at radius 1 is 1.18 bits per heavy atom. The van der Waals surface area contributed by atoms with E-state index in [2.05, 4.69) is 43.0 Å². The number of aldehydes is 1. The molecule has 1 heterocycles. The minimum Gasteiger partial charge on any atom is -0.347 e. The molecular weight excluding hydrogens is 373 g/mol. The maximum Gasteiger partial charge on any atom is 0.259 e. The molecule has 152 valence electrons. The Kier molecular flexibility index (Phi) is 9.08. The van der Waals surface area contributed by atoms with Gasteiger partial charge in [-0.15, -0.1) is 0 Å². The van der Waals surface area contributed by atoms with Crippen LogP contribution in [0, 0.1) is 11.3 Å². The maximum atomic E-state index is 10.9. The van der Waals surface area contributed by atoms with Crippen LogP contribution in [0.1, 0.15) is 50.9 Å². The van der Waals surface area contributed by atoms with Gasteiger partial charge >= 0.3 is 0 Å². The predicted octanol–water partition coefficient (Wildman–Crippen LogP) is 5.14. The third-order valence-corrected chi connectivity index (χ3v) is 6.45. The Hall–Kier alpha value is -1.77.